The van der Waals surface area contributed by atoms with Crippen molar-refractivity contribution in [2.75, 3.05) is 32.7 Å². The Hall–Kier alpha value is -0.650. The van der Waals surface area contributed by atoms with Gasteiger partial charge in [-0.3, -0.25) is 4.79 Å². The molecular weight excluding hydrogens is 208 g/mol. The van der Waals surface area contributed by atoms with Crippen LogP contribution in [0.2, 0.25) is 0 Å². The number of carbonyl (C=O) groups is 1. The van der Waals surface area contributed by atoms with E-state index in [1.54, 1.807) is 0 Å². The standard InChI is InChI=1S/C11H20N2O3/c1-2-13-5-3-4-10(8-13,9(14)15)11(16)6-12-7-11/h12,16H,2-8H2,1H3,(H,14,15). The molecule has 0 radical (unpaired) electrons. The summed E-state index contributed by atoms with van der Waals surface area (Å²) in [6.45, 7) is 5.08. The van der Waals surface area contributed by atoms with Crippen molar-refractivity contribution in [3.63, 3.8) is 0 Å². The number of nitrogens with one attached hydrogen (secondary N) is 1. The molecular formula is C11H20N2O3. The molecule has 16 heavy (non-hydrogen) atoms. The Kier molecular flexibility index (Phi) is 2.94. The van der Waals surface area contributed by atoms with E-state index in [2.05, 4.69) is 10.2 Å². The number of piperidine rings is 1. The Bertz CT molecular complexity index is 291. The van der Waals surface area contributed by atoms with Gasteiger partial charge in [0.05, 0.1) is 0 Å². The Balaban J connectivity index is 2.24. The van der Waals surface area contributed by atoms with Crippen molar-refractivity contribution < 1.29 is 15.0 Å². The average Bonchev–Trinajstić information content (AvgIpc) is 2.25. The van der Waals surface area contributed by atoms with E-state index in [9.17, 15) is 15.0 Å². The minimum absolute atomic E-state index is 0.400. The number of hydrogen-bond donors (Lipinski definition) is 3. The maximum atomic E-state index is 11.6. The molecule has 3 N–H and O–H groups in total. The zero-order valence-electron chi connectivity index (χ0n) is 9.70. The van der Waals surface area contributed by atoms with Crippen molar-refractivity contribution in [2.45, 2.75) is 25.4 Å². The molecule has 0 aliphatic carbocycles. The second-order valence-electron chi connectivity index (χ2n) is 4.99. The van der Waals surface area contributed by atoms with Gasteiger partial charge in [0.25, 0.3) is 0 Å². The fourth-order valence-corrected chi connectivity index (χ4v) is 2.87. The normalized spacial score (nSPS) is 34.4. The summed E-state index contributed by atoms with van der Waals surface area (Å²) < 4.78 is 0. The van der Waals surface area contributed by atoms with Crippen LogP contribution in [0.3, 0.4) is 0 Å². The lowest BCUT2D eigenvalue weighted by molar-refractivity contribution is -0.188. The average molecular weight is 228 g/mol. The molecule has 2 aliphatic rings. The fraction of sp³-hybridized carbons (Fsp3) is 0.909. The van der Waals surface area contributed by atoms with Gasteiger partial charge in [-0.05, 0) is 25.9 Å². The topological polar surface area (TPSA) is 72.8 Å². The fourth-order valence-electron chi connectivity index (χ4n) is 2.87. The van der Waals surface area contributed by atoms with Crippen molar-refractivity contribution in [1.82, 2.24) is 10.2 Å². The van der Waals surface area contributed by atoms with Crippen LogP contribution >= 0.6 is 0 Å². The third-order valence-electron chi connectivity index (χ3n) is 4.15. The maximum absolute atomic E-state index is 11.6. The number of aliphatic hydroxyl groups is 1. The van der Waals surface area contributed by atoms with Crippen LogP contribution in [0.5, 0.6) is 0 Å². The highest BCUT2D eigenvalue weighted by Gasteiger charge is 2.60. The van der Waals surface area contributed by atoms with Gasteiger partial charge in [-0.15, -0.1) is 0 Å². The SMILES string of the molecule is CCN1CCCC(C(=O)O)(C2(O)CNC2)C1. The predicted molar refractivity (Wildman–Crippen MR) is 59.2 cm³/mol. The van der Waals surface area contributed by atoms with Crippen LogP contribution in [-0.4, -0.2) is 59.4 Å². The molecule has 2 rings (SSSR count). The maximum Gasteiger partial charge on any atom is 0.314 e. The van der Waals surface area contributed by atoms with Crippen molar-refractivity contribution in [3.05, 3.63) is 0 Å². The zero-order valence-corrected chi connectivity index (χ0v) is 9.70. The monoisotopic (exact) mass is 228 g/mol. The second-order valence-corrected chi connectivity index (χ2v) is 4.99. The quantitative estimate of drug-likeness (QED) is 0.608. The molecule has 0 saturated carbocycles. The zero-order chi connectivity index (χ0) is 11.8. The van der Waals surface area contributed by atoms with E-state index in [0.717, 1.165) is 19.5 Å². The number of carboxylic acids is 1. The number of hydrogen-bond acceptors (Lipinski definition) is 4. The number of nitrogens with zero attached hydrogens (tertiary/aromatic N) is 1. The van der Waals surface area contributed by atoms with Gasteiger partial charge < -0.3 is 20.4 Å². The number of carboxylic acid groups (broad SMARTS) is 1. The highest BCUT2D eigenvalue weighted by atomic mass is 16.4. The van der Waals surface area contributed by atoms with Gasteiger partial charge in [-0.2, -0.15) is 0 Å². The molecule has 0 aromatic heterocycles. The summed E-state index contributed by atoms with van der Waals surface area (Å²) in [6, 6.07) is 0. The van der Waals surface area contributed by atoms with E-state index in [0.29, 0.717) is 26.1 Å². The second kappa shape index (κ2) is 3.98. The summed E-state index contributed by atoms with van der Waals surface area (Å²) in [4.78, 5) is 13.7. The van der Waals surface area contributed by atoms with Gasteiger partial charge in [0.2, 0.25) is 0 Å². The van der Waals surface area contributed by atoms with Crippen molar-refractivity contribution in [2.24, 2.45) is 5.41 Å². The summed E-state index contributed by atoms with van der Waals surface area (Å²) in [5.74, 6) is -0.852. The van der Waals surface area contributed by atoms with Gasteiger partial charge in [-0.25, -0.2) is 0 Å². The highest BCUT2D eigenvalue weighted by molar-refractivity contribution is 5.77. The van der Waals surface area contributed by atoms with Crippen LogP contribution in [0.4, 0.5) is 0 Å². The Morgan fingerprint density at radius 3 is 2.62 bits per heavy atom. The van der Waals surface area contributed by atoms with Crippen LogP contribution in [0.15, 0.2) is 0 Å². The van der Waals surface area contributed by atoms with Gasteiger partial charge in [0.1, 0.15) is 11.0 Å². The van der Waals surface area contributed by atoms with Gasteiger partial charge in [0, 0.05) is 19.6 Å². The molecule has 92 valence electrons. The van der Waals surface area contributed by atoms with Crippen LogP contribution in [0.25, 0.3) is 0 Å². The lowest BCUT2D eigenvalue weighted by Gasteiger charge is -2.53. The van der Waals surface area contributed by atoms with Crippen LogP contribution < -0.4 is 5.32 Å². The van der Waals surface area contributed by atoms with Crippen molar-refractivity contribution in [1.29, 1.82) is 0 Å². The van der Waals surface area contributed by atoms with Crippen molar-refractivity contribution >= 4 is 5.97 Å². The lowest BCUT2D eigenvalue weighted by Crippen LogP contribution is -2.73. The molecule has 1 atom stereocenters. The van der Waals surface area contributed by atoms with E-state index in [-0.39, 0.29) is 0 Å². The minimum atomic E-state index is -1.06. The number of rotatable bonds is 3. The lowest BCUT2D eigenvalue weighted by atomic mass is 9.64. The molecule has 0 aromatic rings. The summed E-state index contributed by atoms with van der Waals surface area (Å²) in [5.41, 5.74) is -2.04. The molecule has 0 aromatic carbocycles. The predicted octanol–water partition coefficient (Wildman–Crippen LogP) is -0.493. The van der Waals surface area contributed by atoms with E-state index < -0.39 is 17.0 Å². The van der Waals surface area contributed by atoms with E-state index in [1.807, 2.05) is 6.92 Å². The third kappa shape index (κ3) is 1.54. The van der Waals surface area contributed by atoms with Gasteiger partial charge in [0.15, 0.2) is 0 Å². The van der Waals surface area contributed by atoms with Crippen LogP contribution in [0.1, 0.15) is 19.8 Å². The number of aliphatic carboxylic acids is 1. The first-order valence-electron chi connectivity index (χ1n) is 5.93. The van der Waals surface area contributed by atoms with E-state index in [4.69, 9.17) is 0 Å². The Labute approximate surface area is 95.4 Å². The molecule has 2 heterocycles. The molecule has 0 bridgehead atoms. The molecule has 5 nitrogen and oxygen atoms in total. The Morgan fingerprint density at radius 1 is 1.50 bits per heavy atom. The molecule has 2 saturated heterocycles. The molecule has 0 spiro atoms. The minimum Gasteiger partial charge on any atom is -0.481 e. The summed E-state index contributed by atoms with van der Waals surface area (Å²) >= 11 is 0. The third-order valence-corrected chi connectivity index (χ3v) is 4.15. The number of likely N-dealkylation sites (tertiary alicyclic amines) is 1. The molecule has 2 fully saturated rings. The molecule has 0 amide bonds. The van der Waals surface area contributed by atoms with Crippen LogP contribution in [0, 0.1) is 5.41 Å². The first-order valence-corrected chi connectivity index (χ1v) is 5.93. The first kappa shape index (κ1) is 11.8. The van der Waals surface area contributed by atoms with E-state index >= 15 is 0 Å². The highest BCUT2D eigenvalue weighted by Crippen LogP contribution is 2.42. The first-order chi connectivity index (χ1) is 7.54. The smallest absolute Gasteiger partial charge is 0.314 e. The summed E-state index contributed by atoms with van der Waals surface area (Å²) in [7, 11) is 0. The molecule has 1 unspecified atom stereocenters. The molecule has 2 aliphatic heterocycles. The van der Waals surface area contributed by atoms with E-state index in [1.165, 1.54) is 0 Å². The largest absolute Gasteiger partial charge is 0.481 e. The van der Waals surface area contributed by atoms with Gasteiger partial charge >= 0.3 is 5.97 Å². The van der Waals surface area contributed by atoms with Crippen molar-refractivity contribution in [3.8, 4) is 0 Å². The van der Waals surface area contributed by atoms with Crippen LogP contribution in [-0.2, 0) is 4.79 Å². The van der Waals surface area contributed by atoms with Gasteiger partial charge in [-0.1, -0.05) is 6.92 Å². The number of β-amino-alcohol motifs (C(OH)–C–C–N with tert-alkyl or cyclic N) is 1. The summed E-state index contributed by atoms with van der Waals surface area (Å²) in [6.07, 6.45) is 1.43. The molecule has 5 heteroatoms. The summed E-state index contributed by atoms with van der Waals surface area (Å²) in [5, 5.41) is 22.9. The Morgan fingerprint density at radius 2 is 2.19 bits per heavy atom.